The Hall–Kier alpha value is -0.870. The fourth-order valence-electron chi connectivity index (χ4n) is 1.61. The number of ether oxygens (including phenoxy) is 3. The zero-order valence-electron chi connectivity index (χ0n) is 10.6. The highest BCUT2D eigenvalue weighted by Crippen LogP contribution is 2.31. The second-order valence-corrected chi connectivity index (χ2v) is 4.48. The molecule has 0 aromatic heterocycles. The van der Waals surface area contributed by atoms with Crippen molar-refractivity contribution in [2.75, 3.05) is 33.0 Å². The highest BCUT2D eigenvalue weighted by atomic mass is 16.5. The minimum atomic E-state index is -0.359. The molecule has 0 amide bonds. The molecule has 0 N–H and O–H groups in total. The third-order valence-electron chi connectivity index (χ3n) is 3.07. The van der Waals surface area contributed by atoms with E-state index in [1.807, 2.05) is 0 Å². The molecule has 0 radical (unpaired) electrons. The van der Waals surface area contributed by atoms with Gasteiger partial charge in [0, 0.05) is 18.1 Å². The summed E-state index contributed by atoms with van der Waals surface area (Å²) in [7, 11) is 0. The molecule has 0 aromatic rings. The molecule has 1 heterocycles. The SMILES string of the molecule is C=CC(=O)OCCCCOCC1(CC)COC1. The second-order valence-electron chi connectivity index (χ2n) is 4.48. The van der Waals surface area contributed by atoms with Crippen LogP contribution in [0.3, 0.4) is 0 Å². The van der Waals surface area contributed by atoms with E-state index in [1.54, 1.807) is 0 Å². The first-order valence-electron chi connectivity index (χ1n) is 6.17. The smallest absolute Gasteiger partial charge is 0.330 e. The van der Waals surface area contributed by atoms with Crippen molar-refractivity contribution in [2.45, 2.75) is 26.2 Å². The molecule has 1 fully saturated rings. The van der Waals surface area contributed by atoms with E-state index < -0.39 is 0 Å². The lowest BCUT2D eigenvalue weighted by Gasteiger charge is -2.40. The maximum atomic E-state index is 10.7. The van der Waals surface area contributed by atoms with Gasteiger partial charge in [0.2, 0.25) is 0 Å². The molecule has 0 unspecified atom stereocenters. The van der Waals surface area contributed by atoms with Crippen LogP contribution in [0.4, 0.5) is 0 Å². The molecular formula is C13H22O4. The highest BCUT2D eigenvalue weighted by molar-refractivity contribution is 5.81. The standard InChI is InChI=1S/C13H22O4/c1-3-12(14)17-8-6-5-7-15-9-13(4-2)10-16-11-13/h3H,1,4-11H2,2H3. The van der Waals surface area contributed by atoms with Crippen molar-refractivity contribution < 1.29 is 19.0 Å². The second kappa shape index (κ2) is 7.45. The summed E-state index contributed by atoms with van der Waals surface area (Å²) in [4.78, 5) is 10.7. The van der Waals surface area contributed by atoms with Gasteiger partial charge >= 0.3 is 5.97 Å². The molecule has 1 aliphatic heterocycles. The lowest BCUT2D eigenvalue weighted by atomic mass is 9.84. The van der Waals surface area contributed by atoms with Gasteiger partial charge in [0.25, 0.3) is 0 Å². The van der Waals surface area contributed by atoms with E-state index in [-0.39, 0.29) is 11.4 Å². The predicted molar refractivity (Wildman–Crippen MR) is 64.8 cm³/mol. The summed E-state index contributed by atoms with van der Waals surface area (Å²) in [5, 5.41) is 0. The Bertz CT molecular complexity index is 240. The number of esters is 1. The van der Waals surface area contributed by atoms with Crippen molar-refractivity contribution >= 4 is 5.97 Å². The Labute approximate surface area is 103 Å². The minimum Gasteiger partial charge on any atom is -0.463 e. The third kappa shape index (κ3) is 4.88. The molecule has 4 nitrogen and oxygen atoms in total. The van der Waals surface area contributed by atoms with E-state index in [0.717, 1.165) is 39.1 Å². The van der Waals surface area contributed by atoms with E-state index in [4.69, 9.17) is 14.2 Å². The van der Waals surface area contributed by atoms with Crippen LogP contribution in [-0.2, 0) is 19.0 Å². The van der Waals surface area contributed by atoms with E-state index in [2.05, 4.69) is 13.5 Å². The monoisotopic (exact) mass is 242 g/mol. The maximum Gasteiger partial charge on any atom is 0.330 e. The van der Waals surface area contributed by atoms with Crippen molar-refractivity contribution in [3.63, 3.8) is 0 Å². The van der Waals surface area contributed by atoms with Crippen LogP contribution >= 0.6 is 0 Å². The molecule has 98 valence electrons. The van der Waals surface area contributed by atoms with Crippen LogP contribution < -0.4 is 0 Å². The number of hydrogen-bond acceptors (Lipinski definition) is 4. The molecule has 0 aromatic carbocycles. The van der Waals surface area contributed by atoms with Gasteiger partial charge in [-0.2, -0.15) is 0 Å². The summed E-state index contributed by atoms with van der Waals surface area (Å²) >= 11 is 0. The molecule has 0 spiro atoms. The van der Waals surface area contributed by atoms with Gasteiger partial charge in [-0.05, 0) is 19.3 Å². The Morgan fingerprint density at radius 3 is 2.65 bits per heavy atom. The van der Waals surface area contributed by atoms with Gasteiger partial charge in [-0.1, -0.05) is 13.5 Å². The molecule has 1 aliphatic rings. The predicted octanol–water partition coefficient (Wildman–Crippen LogP) is 1.94. The van der Waals surface area contributed by atoms with Gasteiger partial charge < -0.3 is 14.2 Å². The van der Waals surface area contributed by atoms with E-state index in [0.29, 0.717) is 13.2 Å². The number of carbonyl (C=O) groups is 1. The Balaban J connectivity index is 1.91. The van der Waals surface area contributed by atoms with E-state index in [9.17, 15) is 4.79 Å². The van der Waals surface area contributed by atoms with Gasteiger partial charge in [0.05, 0.1) is 26.4 Å². The Morgan fingerprint density at radius 1 is 1.41 bits per heavy atom. The summed E-state index contributed by atoms with van der Waals surface area (Å²) in [5.74, 6) is -0.359. The quantitative estimate of drug-likeness (QED) is 0.352. The molecule has 1 saturated heterocycles. The first-order chi connectivity index (χ1) is 8.22. The van der Waals surface area contributed by atoms with Crippen LogP contribution in [0.5, 0.6) is 0 Å². The van der Waals surface area contributed by atoms with Crippen LogP contribution in [0, 0.1) is 5.41 Å². The normalized spacial score (nSPS) is 17.2. The van der Waals surface area contributed by atoms with Crippen LogP contribution in [0.2, 0.25) is 0 Å². The summed E-state index contributed by atoms with van der Waals surface area (Å²) < 4.78 is 15.7. The molecule has 0 bridgehead atoms. The number of rotatable bonds is 9. The maximum absolute atomic E-state index is 10.7. The molecule has 0 saturated carbocycles. The van der Waals surface area contributed by atoms with Crippen molar-refractivity contribution in [3.05, 3.63) is 12.7 Å². The third-order valence-corrected chi connectivity index (χ3v) is 3.07. The molecule has 0 aliphatic carbocycles. The highest BCUT2D eigenvalue weighted by Gasteiger charge is 2.36. The van der Waals surface area contributed by atoms with Gasteiger partial charge in [0.1, 0.15) is 0 Å². The fourth-order valence-corrected chi connectivity index (χ4v) is 1.61. The van der Waals surface area contributed by atoms with Gasteiger partial charge in [-0.15, -0.1) is 0 Å². The molecule has 0 atom stereocenters. The van der Waals surface area contributed by atoms with Gasteiger partial charge in [-0.3, -0.25) is 0 Å². The van der Waals surface area contributed by atoms with E-state index >= 15 is 0 Å². The Kier molecular flexibility index (Phi) is 6.22. The lowest BCUT2D eigenvalue weighted by molar-refractivity contribution is -0.150. The largest absolute Gasteiger partial charge is 0.463 e. The summed E-state index contributed by atoms with van der Waals surface area (Å²) in [6.45, 7) is 9.07. The summed E-state index contributed by atoms with van der Waals surface area (Å²) in [5.41, 5.74) is 0.259. The molecule has 4 heteroatoms. The van der Waals surface area contributed by atoms with Crippen molar-refractivity contribution in [3.8, 4) is 0 Å². The van der Waals surface area contributed by atoms with Crippen LogP contribution in [0.15, 0.2) is 12.7 Å². The Morgan fingerprint density at radius 2 is 2.12 bits per heavy atom. The van der Waals surface area contributed by atoms with Crippen molar-refractivity contribution in [1.82, 2.24) is 0 Å². The summed E-state index contributed by atoms with van der Waals surface area (Å²) in [6, 6.07) is 0. The van der Waals surface area contributed by atoms with Crippen LogP contribution in [-0.4, -0.2) is 39.0 Å². The van der Waals surface area contributed by atoms with Crippen molar-refractivity contribution in [1.29, 1.82) is 0 Å². The average Bonchev–Trinajstić information content (AvgIpc) is 2.30. The average molecular weight is 242 g/mol. The zero-order chi connectivity index (χ0) is 12.6. The van der Waals surface area contributed by atoms with Crippen LogP contribution in [0.25, 0.3) is 0 Å². The van der Waals surface area contributed by atoms with Crippen LogP contribution in [0.1, 0.15) is 26.2 Å². The zero-order valence-corrected chi connectivity index (χ0v) is 10.6. The minimum absolute atomic E-state index is 0.259. The molecule has 17 heavy (non-hydrogen) atoms. The van der Waals surface area contributed by atoms with Gasteiger partial charge in [-0.25, -0.2) is 4.79 Å². The summed E-state index contributed by atoms with van der Waals surface area (Å²) in [6.07, 6.45) is 4.02. The first-order valence-corrected chi connectivity index (χ1v) is 6.17. The van der Waals surface area contributed by atoms with Crippen molar-refractivity contribution in [2.24, 2.45) is 5.41 Å². The first kappa shape index (κ1) is 14.2. The fraction of sp³-hybridized carbons (Fsp3) is 0.769. The number of unbranched alkanes of at least 4 members (excludes halogenated alkanes) is 1. The lowest BCUT2D eigenvalue weighted by Crippen LogP contribution is -2.45. The molecular weight excluding hydrogens is 220 g/mol. The van der Waals surface area contributed by atoms with E-state index in [1.165, 1.54) is 6.08 Å². The number of hydrogen-bond donors (Lipinski definition) is 0. The topological polar surface area (TPSA) is 44.8 Å². The number of carbonyl (C=O) groups excluding carboxylic acids is 1. The van der Waals surface area contributed by atoms with Gasteiger partial charge in [0.15, 0.2) is 0 Å². The molecule has 1 rings (SSSR count).